The minimum absolute atomic E-state index is 0.0271. The SMILES string of the molecule is CCN(CC)C(=O)Nn1c(C)c2c3c(cccc31)[C@H]1CCCN(C)[C@@H]1C2. The summed E-state index contributed by atoms with van der Waals surface area (Å²) < 4.78 is 2.02. The van der Waals surface area contributed by atoms with Crippen molar-refractivity contribution in [2.24, 2.45) is 0 Å². The second kappa shape index (κ2) is 6.62. The number of hydrogen-bond donors (Lipinski definition) is 1. The number of rotatable bonds is 3. The van der Waals surface area contributed by atoms with Crippen LogP contribution in [-0.4, -0.2) is 53.2 Å². The number of benzene rings is 1. The molecule has 1 aromatic carbocycles. The first-order chi connectivity index (χ1) is 12.6. The average Bonchev–Trinajstić information content (AvgIpc) is 2.91. The Kier molecular flexibility index (Phi) is 4.43. The third-order valence-corrected chi connectivity index (χ3v) is 6.52. The van der Waals surface area contributed by atoms with Crippen molar-refractivity contribution in [3.05, 3.63) is 35.0 Å². The molecule has 1 N–H and O–H groups in total. The number of hydrogen-bond acceptors (Lipinski definition) is 2. The monoisotopic (exact) mass is 354 g/mol. The van der Waals surface area contributed by atoms with Gasteiger partial charge in [-0.3, -0.25) is 4.68 Å². The second-order valence-corrected chi connectivity index (χ2v) is 7.73. The number of nitrogens with one attached hydrogen (secondary N) is 1. The van der Waals surface area contributed by atoms with E-state index in [1.54, 1.807) is 0 Å². The van der Waals surface area contributed by atoms with Crippen LogP contribution in [0.2, 0.25) is 0 Å². The first-order valence-electron chi connectivity index (χ1n) is 9.95. The van der Waals surface area contributed by atoms with Crippen molar-refractivity contribution in [1.82, 2.24) is 14.5 Å². The van der Waals surface area contributed by atoms with Gasteiger partial charge in [0.05, 0.1) is 5.52 Å². The predicted octanol–water partition coefficient (Wildman–Crippen LogP) is 3.69. The molecule has 140 valence electrons. The summed E-state index contributed by atoms with van der Waals surface area (Å²) in [6.07, 6.45) is 3.61. The number of carbonyl (C=O) groups excluding carboxylic acids is 1. The van der Waals surface area contributed by atoms with E-state index in [1.165, 1.54) is 41.6 Å². The van der Waals surface area contributed by atoms with Crippen molar-refractivity contribution >= 4 is 16.9 Å². The number of carbonyl (C=O) groups is 1. The Balaban J connectivity index is 1.80. The number of likely N-dealkylation sites (tertiary alicyclic amines) is 1. The zero-order chi connectivity index (χ0) is 18.4. The highest BCUT2D eigenvalue weighted by atomic mass is 16.2. The maximum absolute atomic E-state index is 12.7. The summed E-state index contributed by atoms with van der Waals surface area (Å²) in [5, 5.41) is 1.38. The van der Waals surface area contributed by atoms with Gasteiger partial charge in [0.15, 0.2) is 0 Å². The average molecular weight is 354 g/mol. The molecule has 0 saturated carbocycles. The Bertz CT molecular complexity index is 836. The summed E-state index contributed by atoms with van der Waals surface area (Å²) in [7, 11) is 2.26. The van der Waals surface area contributed by atoms with Gasteiger partial charge in [-0.1, -0.05) is 12.1 Å². The lowest BCUT2D eigenvalue weighted by atomic mass is 9.75. The fraction of sp³-hybridized carbons (Fsp3) is 0.571. The van der Waals surface area contributed by atoms with Gasteiger partial charge in [0.25, 0.3) is 0 Å². The van der Waals surface area contributed by atoms with Gasteiger partial charge in [-0.15, -0.1) is 0 Å². The molecule has 1 aliphatic heterocycles. The molecule has 5 heteroatoms. The van der Waals surface area contributed by atoms with Crippen molar-refractivity contribution in [2.75, 3.05) is 32.1 Å². The summed E-state index contributed by atoms with van der Waals surface area (Å²) in [5.74, 6) is 0.610. The van der Waals surface area contributed by atoms with Crippen LogP contribution in [0, 0.1) is 6.92 Å². The molecule has 26 heavy (non-hydrogen) atoms. The molecule has 2 aromatic rings. The van der Waals surface area contributed by atoms with Crippen LogP contribution in [0.4, 0.5) is 4.79 Å². The topological polar surface area (TPSA) is 40.5 Å². The Hall–Kier alpha value is -2.01. The summed E-state index contributed by atoms with van der Waals surface area (Å²) in [6.45, 7) is 8.79. The van der Waals surface area contributed by atoms with Crippen LogP contribution in [0.15, 0.2) is 18.2 Å². The molecule has 2 aliphatic rings. The number of piperidine rings is 1. The van der Waals surface area contributed by atoms with Gasteiger partial charge in [0.1, 0.15) is 0 Å². The number of aromatic nitrogens is 1. The summed E-state index contributed by atoms with van der Waals surface area (Å²) in [6, 6.07) is 7.15. The molecule has 5 nitrogen and oxygen atoms in total. The summed E-state index contributed by atoms with van der Waals surface area (Å²) in [5.41, 5.74) is 8.34. The number of fused-ring (bicyclic) bond motifs is 2. The second-order valence-electron chi connectivity index (χ2n) is 7.73. The largest absolute Gasteiger partial charge is 0.336 e. The van der Waals surface area contributed by atoms with E-state index in [-0.39, 0.29) is 6.03 Å². The maximum Gasteiger partial charge on any atom is 0.336 e. The first-order valence-corrected chi connectivity index (χ1v) is 9.95. The molecular weight excluding hydrogens is 324 g/mol. The van der Waals surface area contributed by atoms with Crippen molar-refractivity contribution in [1.29, 1.82) is 0 Å². The summed E-state index contributed by atoms with van der Waals surface area (Å²) in [4.78, 5) is 17.0. The quantitative estimate of drug-likeness (QED) is 0.913. The van der Waals surface area contributed by atoms with E-state index >= 15 is 0 Å². The van der Waals surface area contributed by atoms with Gasteiger partial charge in [-0.25, -0.2) is 10.2 Å². The van der Waals surface area contributed by atoms with Crippen molar-refractivity contribution in [2.45, 2.75) is 52.0 Å². The van der Waals surface area contributed by atoms with E-state index in [4.69, 9.17) is 0 Å². The maximum atomic E-state index is 12.7. The van der Waals surface area contributed by atoms with E-state index in [9.17, 15) is 4.79 Å². The Morgan fingerprint density at radius 1 is 1.31 bits per heavy atom. The third kappa shape index (κ3) is 2.52. The van der Waals surface area contributed by atoms with Crippen LogP contribution in [0.3, 0.4) is 0 Å². The number of likely N-dealkylation sites (N-methyl/N-ethyl adjacent to an activating group) is 1. The van der Waals surface area contributed by atoms with Crippen LogP contribution >= 0.6 is 0 Å². The molecular formula is C21H30N4O. The highest BCUT2D eigenvalue weighted by Crippen LogP contribution is 2.44. The zero-order valence-electron chi connectivity index (χ0n) is 16.4. The van der Waals surface area contributed by atoms with Gasteiger partial charge in [0, 0.05) is 36.1 Å². The minimum Gasteiger partial charge on any atom is -0.324 e. The molecule has 2 amide bonds. The molecule has 2 heterocycles. The molecule has 1 fully saturated rings. The third-order valence-electron chi connectivity index (χ3n) is 6.52. The molecule has 0 radical (unpaired) electrons. The minimum atomic E-state index is -0.0271. The zero-order valence-corrected chi connectivity index (χ0v) is 16.4. The van der Waals surface area contributed by atoms with Crippen molar-refractivity contribution in [3.63, 3.8) is 0 Å². The van der Waals surface area contributed by atoms with Gasteiger partial charge < -0.3 is 9.80 Å². The normalized spacial score (nSPS) is 22.3. The van der Waals surface area contributed by atoms with Gasteiger partial charge >= 0.3 is 6.03 Å². The molecule has 1 aliphatic carbocycles. The van der Waals surface area contributed by atoms with Gasteiger partial charge in [-0.05, 0) is 70.8 Å². The molecule has 2 atom stereocenters. The number of amides is 2. The van der Waals surface area contributed by atoms with Crippen LogP contribution in [0.25, 0.3) is 10.9 Å². The van der Waals surface area contributed by atoms with Crippen molar-refractivity contribution < 1.29 is 4.79 Å². The van der Waals surface area contributed by atoms with E-state index in [1.807, 2.05) is 23.4 Å². The standard InChI is InChI=1S/C21H30N4O/c1-5-24(6-2)21(26)22-25-14(3)17-13-19-15(10-8-12-23(19)4)16-9-7-11-18(25)20(16)17/h7,9,11,15,19H,5-6,8,10,12-13H2,1-4H3,(H,22,26)/t15-,19-/m1/s1. The van der Waals surface area contributed by atoms with Crippen LogP contribution in [0.1, 0.15) is 49.4 Å². The molecule has 0 unspecified atom stereocenters. The van der Waals surface area contributed by atoms with E-state index in [0.717, 1.165) is 11.9 Å². The lowest BCUT2D eigenvalue weighted by Gasteiger charge is -2.42. The molecule has 1 saturated heterocycles. The number of nitrogens with zero attached hydrogens (tertiary/aromatic N) is 3. The smallest absolute Gasteiger partial charge is 0.324 e. The lowest BCUT2D eigenvalue weighted by Crippen LogP contribution is -2.44. The van der Waals surface area contributed by atoms with Crippen molar-refractivity contribution in [3.8, 4) is 0 Å². The highest BCUT2D eigenvalue weighted by molar-refractivity contribution is 5.93. The highest BCUT2D eigenvalue weighted by Gasteiger charge is 2.37. The number of urea groups is 1. The van der Waals surface area contributed by atoms with Gasteiger partial charge in [0.2, 0.25) is 0 Å². The Labute approximate surface area is 155 Å². The fourth-order valence-electron chi connectivity index (χ4n) is 5.05. The first kappa shape index (κ1) is 17.4. The molecule has 1 aromatic heterocycles. The fourth-order valence-corrected chi connectivity index (χ4v) is 5.05. The Morgan fingerprint density at radius 3 is 2.81 bits per heavy atom. The predicted molar refractivity (Wildman–Crippen MR) is 106 cm³/mol. The Morgan fingerprint density at radius 2 is 2.08 bits per heavy atom. The molecule has 0 spiro atoms. The van der Waals surface area contributed by atoms with Crippen LogP contribution < -0.4 is 5.43 Å². The van der Waals surface area contributed by atoms with E-state index in [0.29, 0.717) is 25.0 Å². The van der Waals surface area contributed by atoms with Crippen LogP contribution in [0.5, 0.6) is 0 Å². The molecule has 0 bridgehead atoms. The van der Waals surface area contributed by atoms with E-state index in [2.05, 4.69) is 42.5 Å². The van der Waals surface area contributed by atoms with Gasteiger partial charge in [-0.2, -0.15) is 0 Å². The molecule has 4 rings (SSSR count). The lowest BCUT2D eigenvalue weighted by molar-refractivity contribution is 0.157. The van der Waals surface area contributed by atoms with E-state index < -0.39 is 0 Å². The summed E-state index contributed by atoms with van der Waals surface area (Å²) >= 11 is 0. The van der Waals surface area contributed by atoms with Crippen LogP contribution in [-0.2, 0) is 6.42 Å².